The van der Waals surface area contributed by atoms with E-state index < -0.39 is 85.1 Å². The zero-order valence-electron chi connectivity index (χ0n) is 24.2. The minimum atomic E-state index is -1.47. The highest BCUT2D eigenvalue weighted by atomic mass is 16.4. The number of unbranched alkanes of at least 4 members (excludes halogenated alkanes) is 1. The Morgan fingerprint density at radius 2 is 1.29 bits per heavy atom. The molecule has 16 nitrogen and oxygen atoms in total. The second kappa shape index (κ2) is 19.3. The molecule has 0 fully saturated rings. The molecule has 16 heteroatoms. The zero-order valence-corrected chi connectivity index (χ0v) is 24.2. The highest BCUT2D eigenvalue weighted by molar-refractivity contribution is 5.96. The molecule has 0 rings (SSSR count). The van der Waals surface area contributed by atoms with Gasteiger partial charge in [-0.15, -0.1) is 0 Å². The summed E-state index contributed by atoms with van der Waals surface area (Å²) in [6.45, 7) is 6.34. The van der Waals surface area contributed by atoms with Crippen LogP contribution in [-0.4, -0.2) is 90.3 Å². The van der Waals surface area contributed by atoms with Crippen LogP contribution in [0.2, 0.25) is 0 Å². The van der Waals surface area contributed by atoms with E-state index in [0.29, 0.717) is 25.8 Å². The monoisotopic (exact) mass is 586 g/mol. The van der Waals surface area contributed by atoms with E-state index in [9.17, 15) is 38.7 Å². The maximum atomic E-state index is 12.7. The number of amides is 6. The smallest absolute Gasteiger partial charge is 0.326 e. The number of rotatable bonds is 20. The van der Waals surface area contributed by atoms with E-state index >= 15 is 0 Å². The first-order chi connectivity index (χ1) is 19.1. The summed E-state index contributed by atoms with van der Waals surface area (Å²) in [5, 5.41) is 20.9. The van der Waals surface area contributed by atoms with E-state index in [1.54, 1.807) is 13.8 Å². The Labute approximate surface area is 239 Å². The summed E-state index contributed by atoms with van der Waals surface area (Å²) in [5.41, 5.74) is 16.4. The van der Waals surface area contributed by atoms with Crippen LogP contribution in [0.5, 0.6) is 0 Å². The van der Waals surface area contributed by atoms with Crippen molar-refractivity contribution < 1.29 is 38.7 Å². The summed E-state index contributed by atoms with van der Waals surface area (Å²) in [5.74, 6) is -6.10. The van der Waals surface area contributed by atoms with Gasteiger partial charge in [0.1, 0.15) is 18.1 Å². The predicted molar refractivity (Wildman–Crippen MR) is 148 cm³/mol. The van der Waals surface area contributed by atoms with Crippen LogP contribution in [-0.2, 0) is 33.6 Å². The van der Waals surface area contributed by atoms with Crippen molar-refractivity contribution in [3.05, 3.63) is 0 Å². The standard InChI is InChI=1S/C25H46N8O8/c1-13(2)9-15(27)22(37)33-21(14(3)4)24(39)30-12-20(36)32-17(10-18(28)34)23(38)29-11-19(35)31-16(25(40)41)7-5-6-8-26/h13-17,21H,5-12,26-27H2,1-4H3,(H2,28,34)(H,29,38)(H,30,39)(H,31,35)(H,32,36)(H,33,37)(H,40,41)/t15-,16-,17-,21-/m0/s1. The van der Waals surface area contributed by atoms with E-state index in [2.05, 4.69) is 26.6 Å². The summed E-state index contributed by atoms with van der Waals surface area (Å²) in [6, 6.07) is -4.45. The van der Waals surface area contributed by atoms with Gasteiger partial charge < -0.3 is 48.9 Å². The second-order valence-electron chi connectivity index (χ2n) is 10.4. The van der Waals surface area contributed by atoms with Gasteiger partial charge in [-0.2, -0.15) is 0 Å². The van der Waals surface area contributed by atoms with Crippen LogP contribution in [0.3, 0.4) is 0 Å². The molecule has 0 radical (unpaired) electrons. The molecule has 0 heterocycles. The maximum Gasteiger partial charge on any atom is 0.326 e. The Morgan fingerprint density at radius 3 is 1.76 bits per heavy atom. The number of nitrogens with one attached hydrogen (secondary N) is 5. The van der Waals surface area contributed by atoms with Gasteiger partial charge in [-0.1, -0.05) is 27.7 Å². The normalized spacial score (nSPS) is 13.9. The molecule has 0 spiro atoms. The molecular formula is C25H46N8O8. The average molecular weight is 587 g/mol. The minimum absolute atomic E-state index is 0.143. The number of nitrogens with two attached hydrogens (primary N) is 3. The Hall–Kier alpha value is -3.79. The van der Waals surface area contributed by atoms with Crippen LogP contribution in [0.25, 0.3) is 0 Å². The number of carbonyl (C=O) groups excluding carboxylic acids is 6. The molecule has 0 aromatic rings. The number of carboxylic acid groups (broad SMARTS) is 1. The topological polar surface area (TPSA) is 278 Å². The lowest BCUT2D eigenvalue weighted by Gasteiger charge is -2.24. The number of primary amides is 1. The van der Waals surface area contributed by atoms with Crippen molar-refractivity contribution >= 4 is 41.4 Å². The van der Waals surface area contributed by atoms with E-state index in [0.717, 1.165) is 0 Å². The van der Waals surface area contributed by atoms with Crippen molar-refractivity contribution in [1.29, 1.82) is 0 Å². The first-order valence-electron chi connectivity index (χ1n) is 13.5. The third-order valence-corrected chi connectivity index (χ3v) is 5.79. The molecule has 0 aliphatic rings. The molecule has 4 atom stereocenters. The predicted octanol–water partition coefficient (Wildman–Crippen LogP) is -3.21. The molecule has 0 unspecified atom stereocenters. The number of aliphatic carboxylic acids is 1. The molecule has 0 saturated carbocycles. The fourth-order valence-electron chi connectivity index (χ4n) is 3.63. The molecule has 0 saturated heterocycles. The Balaban J connectivity index is 5.04. The minimum Gasteiger partial charge on any atom is -0.480 e. The maximum absolute atomic E-state index is 12.7. The van der Waals surface area contributed by atoms with Crippen LogP contribution in [0, 0.1) is 11.8 Å². The van der Waals surface area contributed by atoms with Crippen LogP contribution in [0.4, 0.5) is 0 Å². The van der Waals surface area contributed by atoms with E-state index in [1.807, 2.05) is 13.8 Å². The lowest BCUT2D eigenvalue weighted by molar-refractivity contribution is -0.142. The van der Waals surface area contributed by atoms with Crippen LogP contribution in [0.15, 0.2) is 0 Å². The Bertz CT molecular complexity index is 927. The van der Waals surface area contributed by atoms with Crippen molar-refractivity contribution in [2.75, 3.05) is 19.6 Å². The van der Waals surface area contributed by atoms with Gasteiger partial charge in [0.15, 0.2) is 0 Å². The summed E-state index contributed by atoms with van der Waals surface area (Å²) < 4.78 is 0. The van der Waals surface area contributed by atoms with Gasteiger partial charge in [0, 0.05) is 0 Å². The lowest BCUT2D eigenvalue weighted by atomic mass is 10.0. The fraction of sp³-hybridized carbons (Fsp3) is 0.720. The second-order valence-corrected chi connectivity index (χ2v) is 10.4. The van der Waals surface area contributed by atoms with Gasteiger partial charge in [0.2, 0.25) is 35.4 Å². The molecule has 0 aliphatic carbocycles. The van der Waals surface area contributed by atoms with E-state index in [-0.39, 0.29) is 18.3 Å². The molecule has 6 amide bonds. The van der Waals surface area contributed by atoms with Gasteiger partial charge in [-0.25, -0.2) is 4.79 Å². The van der Waals surface area contributed by atoms with Crippen molar-refractivity contribution in [1.82, 2.24) is 26.6 Å². The zero-order chi connectivity index (χ0) is 31.7. The van der Waals surface area contributed by atoms with Gasteiger partial charge >= 0.3 is 5.97 Å². The van der Waals surface area contributed by atoms with Crippen molar-refractivity contribution in [3.8, 4) is 0 Å². The largest absolute Gasteiger partial charge is 0.480 e. The highest BCUT2D eigenvalue weighted by Crippen LogP contribution is 2.06. The van der Waals surface area contributed by atoms with Crippen LogP contribution >= 0.6 is 0 Å². The number of hydrogen-bond acceptors (Lipinski definition) is 9. The summed E-state index contributed by atoms with van der Waals surface area (Å²) in [4.78, 5) is 85.0. The first-order valence-corrected chi connectivity index (χ1v) is 13.5. The first kappa shape index (κ1) is 37.2. The van der Waals surface area contributed by atoms with Gasteiger partial charge in [0.25, 0.3) is 0 Å². The number of carbonyl (C=O) groups is 7. The van der Waals surface area contributed by atoms with Gasteiger partial charge in [-0.05, 0) is 44.1 Å². The molecule has 12 N–H and O–H groups in total. The Morgan fingerprint density at radius 1 is 0.756 bits per heavy atom. The molecule has 0 aromatic heterocycles. The van der Waals surface area contributed by atoms with Crippen molar-refractivity contribution in [2.45, 2.75) is 84.0 Å². The highest BCUT2D eigenvalue weighted by Gasteiger charge is 2.28. The van der Waals surface area contributed by atoms with Gasteiger partial charge in [0.05, 0.1) is 25.6 Å². The molecule has 234 valence electrons. The Kier molecular flexibility index (Phi) is 17.5. The summed E-state index contributed by atoms with van der Waals surface area (Å²) in [7, 11) is 0. The molecule has 0 aromatic carbocycles. The average Bonchev–Trinajstić information content (AvgIpc) is 2.86. The van der Waals surface area contributed by atoms with Crippen LogP contribution < -0.4 is 43.8 Å². The summed E-state index contributed by atoms with van der Waals surface area (Å²) in [6.07, 6.45) is 0.997. The number of carboxylic acids is 1. The SMILES string of the molecule is CC(C)C[C@H](N)C(=O)N[C@H](C(=O)NCC(=O)N[C@@H](CC(N)=O)C(=O)NCC(=O)N[C@@H](CCCCN)C(=O)O)C(C)C. The van der Waals surface area contributed by atoms with Crippen molar-refractivity contribution in [2.24, 2.45) is 29.0 Å². The summed E-state index contributed by atoms with van der Waals surface area (Å²) >= 11 is 0. The third kappa shape index (κ3) is 16.2. The quantitative estimate of drug-likeness (QED) is 0.0644. The van der Waals surface area contributed by atoms with Crippen LogP contribution in [0.1, 0.15) is 59.8 Å². The third-order valence-electron chi connectivity index (χ3n) is 5.79. The van der Waals surface area contributed by atoms with E-state index in [1.165, 1.54) is 0 Å². The molecular weight excluding hydrogens is 540 g/mol. The molecule has 41 heavy (non-hydrogen) atoms. The van der Waals surface area contributed by atoms with E-state index in [4.69, 9.17) is 17.2 Å². The van der Waals surface area contributed by atoms with Crippen molar-refractivity contribution in [3.63, 3.8) is 0 Å². The molecule has 0 bridgehead atoms. The fourth-order valence-corrected chi connectivity index (χ4v) is 3.63. The lowest BCUT2D eigenvalue weighted by Crippen LogP contribution is -2.56. The number of hydrogen-bond donors (Lipinski definition) is 9. The van der Waals surface area contributed by atoms with Gasteiger partial charge in [-0.3, -0.25) is 28.8 Å². The molecule has 0 aliphatic heterocycles.